The summed E-state index contributed by atoms with van der Waals surface area (Å²) in [6.45, 7) is 4.44. The SMILES string of the molecule is COCCOC1C(OP(=O)([O-])C(C)C)C(CCP(=O)(O)O)OC1n1cc(C)c(=O)[nH]c1=O. The lowest BCUT2D eigenvalue weighted by Gasteiger charge is -2.34. The molecule has 32 heavy (non-hydrogen) atoms. The number of aryl methyl sites for hydroxylation is 1. The lowest BCUT2D eigenvalue weighted by Crippen LogP contribution is -2.41. The van der Waals surface area contributed by atoms with Gasteiger partial charge >= 0.3 is 13.3 Å². The van der Waals surface area contributed by atoms with Crippen LogP contribution in [0.15, 0.2) is 15.8 Å². The summed E-state index contributed by atoms with van der Waals surface area (Å²) in [7, 11) is -7.42. The Bertz CT molecular complexity index is 985. The summed E-state index contributed by atoms with van der Waals surface area (Å²) in [5.41, 5.74) is -2.12. The number of rotatable bonds is 11. The molecule has 0 aliphatic carbocycles. The first-order chi connectivity index (χ1) is 14.8. The number of ether oxygens (including phenoxy) is 3. The third-order valence-corrected chi connectivity index (χ3v) is 7.55. The van der Waals surface area contributed by atoms with E-state index in [0.29, 0.717) is 0 Å². The van der Waals surface area contributed by atoms with E-state index >= 15 is 0 Å². The fourth-order valence-electron chi connectivity index (χ4n) is 3.10. The van der Waals surface area contributed by atoms with E-state index in [1.165, 1.54) is 34.1 Å². The molecular weight excluding hydrogens is 470 g/mol. The molecule has 1 aromatic rings. The minimum atomic E-state index is -4.44. The fraction of sp³-hybridized carbons (Fsp3) is 0.765. The predicted octanol–water partition coefficient (Wildman–Crippen LogP) is -0.311. The number of H-pyrrole nitrogens is 1. The molecule has 5 unspecified atom stereocenters. The van der Waals surface area contributed by atoms with E-state index in [-0.39, 0.29) is 25.2 Å². The average molecular weight is 499 g/mol. The van der Waals surface area contributed by atoms with Gasteiger partial charge in [-0.15, -0.1) is 0 Å². The topological polar surface area (TPSA) is 189 Å². The van der Waals surface area contributed by atoms with Crippen molar-refractivity contribution in [3.8, 4) is 0 Å². The molecule has 2 heterocycles. The van der Waals surface area contributed by atoms with Gasteiger partial charge in [-0.25, -0.2) is 4.79 Å². The van der Waals surface area contributed by atoms with Crippen LogP contribution in [0.2, 0.25) is 0 Å². The van der Waals surface area contributed by atoms with Gasteiger partial charge < -0.3 is 38.0 Å². The molecule has 1 saturated heterocycles. The van der Waals surface area contributed by atoms with E-state index in [4.69, 9.17) is 18.7 Å². The van der Waals surface area contributed by atoms with Crippen LogP contribution in [0.1, 0.15) is 32.1 Å². The van der Waals surface area contributed by atoms with Crippen molar-refractivity contribution in [1.29, 1.82) is 0 Å². The Morgan fingerprint density at radius 3 is 2.47 bits per heavy atom. The van der Waals surface area contributed by atoms with Crippen LogP contribution in [-0.4, -0.2) is 69.8 Å². The van der Waals surface area contributed by atoms with Gasteiger partial charge in [0.05, 0.1) is 25.5 Å². The van der Waals surface area contributed by atoms with Crippen LogP contribution >= 0.6 is 15.2 Å². The van der Waals surface area contributed by atoms with Crippen molar-refractivity contribution in [2.45, 2.75) is 57.4 Å². The molecule has 5 atom stereocenters. The molecule has 13 nitrogen and oxygen atoms in total. The highest BCUT2D eigenvalue weighted by molar-refractivity contribution is 7.52. The third-order valence-electron chi connectivity index (χ3n) is 4.91. The van der Waals surface area contributed by atoms with E-state index < -0.39 is 62.8 Å². The average Bonchev–Trinajstić information content (AvgIpc) is 2.99. The van der Waals surface area contributed by atoms with Gasteiger partial charge in [0, 0.05) is 24.5 Å². The molecule has 0 saturated carbocycles. The molecule has 1 aliphatic rings. The molecule has 0 bridgehead atoms. The van der Waals surface area contributed by atoms with Crippen molar-refractivity contribution in [2.24, 2.45) is 0 Å². The van der Waals surface area contributed by atoms with E-state index in [0.717, 1.165) is 4.57 Å². The normalized spacial score (nSPS) is 25.9. The van der Waals surface area contributed by atoms with Crippen LogP contribution in [0, 0.1) is 6.92 Å². The second-order valence-corrected chi connectivity index (χ2v) is 11.9. The maximum absolute atomic E-state index is 12.5. The summed E-state index contributed by atoms with van der Waals surface area (Å²) in [5.74, 6) is 0. The van der Waals surface area contributed by atoms with E-state index in [2.05, 4.69) is 4.98 Å². The van der Waals surface area contributed by atoms with Gasteiger partial charge in [0.15, 0.2) is 6.23 Å². The second-order valence-electron chi connectivity index (χ2n) is 7.75. The van der Waals surface area contributed by atoms with Crippen LogP contribution in [0.25, 0.3) is 0 Å². The molecular formula is C17H29N2O11P2-. The summed E-state index contributed by atoms with van der Waals surface area (Å²) < 4.78 is 46.9. The monoisotopic (exact) mass is 499 g/mol. The number of aromatic nitrogens is 2. The quantitative estimate of drug-likeness (QED) is 0.267. The van der Waals surface area contributed by atoms with Gasteiger partial charge in [0.2, 0.25) is 0 Å². The van der Waals surface area contributed by atoms with Crippen LogP contribution in [0.5, 0.6) is 0 Å². The Labute approximate surface area is 184 Å². The number of aromatic amines is 1. The molecule has 1 aromatic heterocycles. The first-order valence-electron chi connectivity index (χ1n) is 9.88. The maximum Gasteiger partial charge on any atom is 0.330 e. The lowest BCUT2D eigenvalue weighted by atomic mass is 10.1. The molecule has 1 fully saturated rings. The molecule has 184 valence electrons. The van der Waals surface area contributed by atoms with Crippen molar-refractivity contribution in [1.82, 2.24) is 9.55 Å². The van der Waals surface area contributed by atoms with Crippen LogP contribution in [-0.2, 0) is 27.9 Å². The minimum Gasteiger partial charge on any atom is -0.778 e. The zero-order valence-corrected chi connectivity index (χ0v) is 20.0. The predicted molar refractivity (Wildman–Crippen MR) is 111 cm³/mol. The van der Waals surface area contributed by atoms with Gasteiger partial charge in [-0.2, -0.15) is 0 Å². The standard InChI is InChI=1S/C17H30N2O11P2/c1-10(2)32(25,26)30-13-12(5-8-31(22,23)24)29-16(14(13)28-7-6-27-4)19-9-11(3)15(20)18-17(19)21/h9-10,12-14,16H,5-8H2,1-4H3,(H,25,26)(H,18,20,21)(H2,22,23,24)/p-1. The van der Waals surface area contributed by atoms with Crippen molar-refractivity contribution in [3.05, 3.63) is 32.6 Å². The summed E-state index contributed by atoms with van der Waals surface area (Å²) in [6, 6.07) is 0. The number of hydrogen-bond donors (Lipinski definition) is 3. The van der Waals surface area contributed by atoms with Gasteiger partial charge in [-0.1, -0.05) is 13.8 Å². The largest absolute Gasteiger partial charge is 0.778 e. The Hall–Kier alpha value is -1.14. The summed E-state index contributed by atoms with van der Waals surface area (Å²) in [4.78, 5) is 57.4. The van der Waals surface area contributed by atoms with E-state index in [1.807, 2.05) is 0 Å². The van der Waals surface area contributed by atoms with Gasteiger partial charge in [-0.3, -0.25) is 18.9 Å². The molecule has 0 amide bonds. The summed E-state index contributed by atoms with van der Waals surface area (Å²) in [5, 5.41) is 0. The number of methoxy groups -OCH3 is 1. The van der Waals surface area contributed by atoms with Gasteiger partial charge in [-0.05, 0) is 13.3 Å². The van der Waals surface area contributed by atoms with Gasteiger partial charge in [0.1, 0.15) is 19.8 Å². The Morgan fingerprint density at radius 2 is 1.91 bits per heavy atom. The van der Waals surface area contributed by atoms with Crippen LogP contribution in [0.3, 0.4) is 0 Å². The zero-order valence-electron chi connectivity index (χ0n) is 18.2. The smallest absolute Gasteiger partial charge is 0.330 e. The summed E-state index contributed by atoms with van der Waals surface area (Å²) in [6.07, 6.45) is -4.43. The number of hydrogen-bond acceptors (Lipinski definition) is 9. The maximum atomic E-state index is 12.5. The Kier molecular flexibility index (Phi) is 9.20. The fourth-order valence-corrected chi connectivity index (χ4v) is 4.53. The molecule has 3 N–H and O–H groups in total. The molecule has 0 spiro atoms. The molecule has 0 radical (unpaired) electrons. The van der Waals surface area contributed by atoms with Crippen molar-refractivity contribution in [3.63, 3.8) is 0 Å². The Balaban J connectivity index is 2.50. The second kappa shape index (κ2) is 10.9. The molecule has 1 aliphatic heterocycles. The molecule has 15 heteroatoms. The highest BCUT2D eigenvalue weighted by atomic mass is 31.2. The molecule has 2 rings (SSSR count). The first kappa shape index (κ1) is 27.1. The van der Waals surface area contributed by atoms with Crippen LogP contribution in [0.4, 0.5) is 0 Å². The lowest BCUT2D eigenvalue weighted by molar-refractivity contribution is -0.209. The zero-order chi connectivity index (χ0) is 24.3. The molecule has 0 aromatic carbocycles. The van der Waals surface area contributed by atoms with E-state index in [1.54, 1.807) is 0 Å². The van der Waals surface area contributed by atoms with Crippen molar-refractivity contribution in [2.75, 3.05) is 26.5 Å². The third kappa shape index (κ3) is 6.93. The van der Waals surface area contributed by atoms with Gasteiger partial charge in [0.25, 0.3) is 5.56 Å². The Morgan fingerprint density at radius 1 is 1.25 bits per heavy atom. The highest BCUT2D eigenvalue weighted by Crippen LogP contribution is 2.49. The van der Waals surface area contributed by atoms with Crippen molar-refractivity contribution >= 4 is 15.2 Å². The van der Waals surface area contributed by atoms with E-state index in [9.17, 15) is 33.4 Å². The number of nitrogens with one attached hydrogen (secondary N) is 1. The minimum absolute atomic E-state index is 0.00593. The number of nitrogens with zero attached hydrogens (tertiary/aromatic N) is 1. The van der Waals surface area contributed by atoms with Crippen molar-refractivity contribution < 1.29 is 42.5 Å². The first-order valence-corrected chi connectivity index (χ1v) is 13.3. The highest BCUT2D eigenvalue weighted by Gasteiger charge is 2.49. The summed E-state index contributed by atoms with van der Waals surface area (Å²) >= 11 is 0. The van der Waals surface area contributed by atoms with Crippen LogP contribution < -0.4 is 16.1 Å².